The monoisotopic (exact) mass is 397 g/mol. The zero-order valence-corrected chi connectivity index (χ0v) is 14.0. The lowest BCUT2D eigenvalue weighted by molar-refractivity contribution is -0.118. The number of rotatable bonds is 4. The van der Waals surface area contributed by atoms with Crippen LogP contribution in [0.5, 0.6) is 5.75 Å². The van der Waals surface area contributed by atoms with Gasteiger partial charge in [0.1, 0.15) is 5.75 Å². The number of para-hydroxylation sites is 1. The molecule has 2 aromatic carbocycles. The first kappa shape index (κ1) is 15.1. The molecule has 2 rings (SSSR count). The molecule has 3 nitrogen and oxygen atoms in total. The van der Waals surface area contributed by atoms with E-state index in [-0.39, 0.29) is 12.5 Å². The van der Waals surface area contributed by atoms with Crippen LogP contribution >= 0.6 is 31.9 Å². The molecule has 1 amide bonds. The lowest BCUT2D eigenvalue weighted by Crippen LogP contribution is -2.20. The Morgan fingerprint density at radius 1 is 1.15 bits per heavy atom. The average molecular weight is 399 g/mol. The van der Waals surface area contributed by atoms with Gasteiger partial charge in [0.25, 0.3) is 5.91 Å². The molecule has 0 saturated heterocycles. The molecular formula is C15H13Br2NO2. The molecule has 0 radical (unpaired) electrons. The molecule has 20 heavy (non-hydrogen) atoms. The summed E-state index contributed by atoms with van der Waals surface area (Å²) in [6.07, 6.45) is 0. The van der Waals surface area contributed by atoms with Crippen LogP contribution in [0.2, 0.25) is 0 Å². The number of carbonyl (C=O) groups is 1. The SMILES string of the molecule is Cc1ccc(NC(=O)COc2ccccc2Br)c(Br)c1. The summed E-state index contributed by atoms with van der Waals surface area (Å²) >= 11 is 6.79. The predicted octanol–water partition coefficient (Wildman–Crippen LogP) is 4.54. The Morgan fingerprint density at radius 2 is 1.90 bits per heavy atom. The van der Waals surface area contributed by atoms with Crippen LogP contribution in [0.1, 0.15) is 5.56 Å². The Bertz CT molecular complexity index is 629. The highest BCUT2D eigenvalue weighted by atomic mass is 79.9. The average Bonchev–Trinajstić information content (AvgIpc) is 2.41. The number of nitrogens with one attached hydrogen (secondary N) is 1. The zero-order valence-electron chi connectivity index (χ0n) is 10.8. The smallest absolute Gasteiger partial charge is 0.262 e. The number of hydrogen-bond donors (Lipinski definition) is 1. The van der Waals surface area contributed by atoms with Crippen molar-refractivity contribution < 1.29 is 9.53 Å². The number of amides is 1. The summed E-state index contributed by atoms with van der Waals surface area (Å²) < 4.78 is 7.14. The van der Waals surface area contributed by atoms with Crippen LogP contribution < -0.4 is 10.1 Å². The van der Waals surface area contributed by atoms with Crippen molar-refractivity contribution in [2.75, 3.05) is 11.9 Å². The van der Waals surface area contributed by atoms with Gasteiger partial charge >= 0.3 is 0 Å². The van der Waals surface area contributed by atoms with Crippen molar-refractivity contribution in [3.63, 3.8) is 0 Å². The summed E-state index contributed by atoms with van der Waals surface area (Å²) in [5.41, 5.74) is 1.86. The van der Waals surface area contributed by atoms with Gasteiger partial charge in [0.2, 0.25) is 0 Å². The molecule has 0 bridgehead atoms. The van der Waals surface area contributed by atoms with Gasteiger partial charge in [-0.15, -0.1) is 0 Å². The fourth-order valence-corrected chi connectivity index (χ4v) is 2.60. The predicted molar refractivity (Wildman–Crippen MR) is 87.1 cm³/mol. The largest absolute Gasteiger partial charge is 0.483 e. The van der Waals surface area contributed by atoms with E-state index in [1.54, 1.807) is 6.07 Å². The second-order valence-corrected chi connectivity index (χ2v) is 5.96. The third-order valence-corrected chi connectivity index (χ3v) is 3.91. The van der Waals surface area contributed by atoms with Crippen molar-refractivity contribution in [2.24, 2.45) is 0 Å². The standard InChI is InChI=1S/C15H13Br2NO2/c1-10-6-7-13(12(17)8-10)18-15(19)9-20-14-5-3-2-4-11(14)16/h2-8H,9H2,1H3,(H,18,19). The summed E-state index contributed by atoms with van der Waals surface area (Å²) in [6.45, 7) is 1.95. The van der Waals surface area contributed by atoms with Gasteiger partial charge in [-0.1, -0.05) is 18.2 Å². The van der Waals surface area contributed by atoms with Crippen LogP contribution in [0.4, 0.5) is 5.69 Å². The van der Waals surface area contributed by atoms with Crippen molar-refractivity contribution in [3.05, 3.63) is 57.0 Å². The Kier molecular flexibility index (Phi) is 5.20. The van der Waals surface area contributed by atoms with Crippen molar-refractivity contribution in [3.8, 4) is 5.75 Å². The van der Waals surface area contributed by atoms with E-state index in [1.807, 2.05) is 43.3 Å². The molecule has 0 spiro atoms. The molecule has 5 heteroatoms. The van der Waals surface area contributed by atoms with Gasteiger partial charge < -0.3 is 10.1 Å². The van der Waals surface area contributed by atoms with Crippen molar-refractivity contribution in [1.29, 1.82) is 0 Å². The number of aryl methyl sites for hydroxylation is 1. The molecule has 0 aliphatic rings. The Hall–Kier alpha value is -1.33. The first-order valence-electron chi connectivity index (χ1n) is 5.99. The summed E-state index contributed by atoms with van der Waals surface area (Å²) in [4.78, 5) is 11.9. The second kappa shape index (κ2) is 6.90. The van der Waals surface area contributed by atoms with Gasteiger partial charge in [-0.25, -0.2) is 0 Å². The van der Waals surface area contributed by atoms with Crippen LogP contribution in [0.25, 0.3) is 0 Å². The molecule has 0 aliphatic heterocycles. The molecule has 2 aromatic rings. The van der Waals surface area contributed by atoms with Crippen LogP contribution in [0, 0.1) is 6.92 Å². The van der Waals surface area contributed by atoms with Crippen molar-refractivity contribution in [2.45, 2.75) is 6.92 Å². The molecular weight excluding hydrogens is 386 g/mol. The normalized spacial score (nSPS) is 10.2. The minimum atomic E-state index is -0.203. The number of hydrogen-bond acceptors (Lipinski definition) is 2. The van der Waals surface area contributed by atoms with Gasteiger partial charge in [0, 0.05) is 4.47 Å². The number of halogens is 2. The van der Waals surface area contributed by atoms with E-state index in [2.05, 4.69) is 37.2 Å². The lowest BCUT2D eigenvalue weighted by atomic mass is 10.2. The van der Waals surface area contributed by atoms with Crippen LogP contribution in [0.3, 0.4) is 0 Å². The van der Waals surface area contributed by atoms with Gasteiger partial charge in [-0.05, 0) is 68.6 Å². The third kappa shape index (κ3) is 4.08. The maximum Gasteiger partial charge on any atom is 0.262 e. The van der Waals surface area contributed by atoms with Gasteiger partial charge in [-0.2, -0.15) is 0 Å². The first-order chi connectivity index (χ1) is 9.56. The highest BCUT2D eigenvalue weighted by Crippen LogP contribution is 2.25. The van der Waals surface area contributed by atoms with Crippen molar-refractivity contribution >= 4 is 43.5 Å². The lowest BCUT2D eigenvalue weighted by Gasteiger charge is -2.10. The highest BCUT2D eigenvalue weighted by molar-refractivity contribution is 9.11. The molecule has 0 unspecified atom stereocenters. The van der Waals surface area contributed by atoms with E-state index in [1.165, 1.54) is 0 Å². The van der Waals surface area contributed by atoms with Gasteiger partial charge in [-0.3, -0.25) is 4.79 Å². The molecule has 0 aromatic heterocycles. The number of benzene rings is 2. The minimum Gasteiger partial charge on any atom is -0.483 e. The molecule has 0 saturated carbocycles. The van der Waals surface area contributed by atoms with E-state index in [0.29, 0.717) is 5.75 Å². The zero-order chi connectivity index (χ0) is 14.5. The van der Waals surface area contributed by atoms with Crippen LogP contribution in [0.15, 0.2) is 51.4 Å². The van der Waals surface area contributed by atoms with Gasteiger partial charge in [0.05, 0.1) is 10.2 Å². The van der Waals surface area contributed by atoms with E-state index >= 15 is 0 Å². The second-order valence-electron chi connectivity index (χ2n) is 4.25. The van der Waals surface area contributed by atoms with Crippen LogP contribution in [-0.2, 0) is 4.79 Å². The summed E-state index contributed by atoms with van der Waals surface area (Å²) in [5, 5.41) is 2.80. The van der Waals surface area contributed by atoms with Crippen molar-refractivity contribution in [1.82, 2.24) is 0 Å². The Morgan fingerprint density at radius 3 is 2.60 bits per heavy atom. The van der Waals surface area contributed by atoms with E-state index < -0.39 is 0 Å². The molecule has 104 valence electrons. The highest BCUT2D eigenvalue weighted by Gasteiger charge is 2.07. The van der Waals surface area contributed by atoms with E-state index in [9.17, 15) is 4.79 Å². The molecule has 0 aliphatic carbocycles. The summed E-state index contributed by atoms with van der Waals surface area (Å²) in [5.74, 6) is 0.441. The quantitative estimate of drug-likeness (QED) is 0.821. The summed E-state index contributed by atoms with van der Waals surface area (Å²) in [6, 6.07) is 13.2. The summed E-state index contributed by atoms with van der Waals surface area (Å²) in [7, 11) is 0. The van der Waals surface area contributed by atoms with E-state index in [0.717, 1.165) is 20.2 Å². The fraction of sp³-hybridized carbons (Fsp3) is 0.133. The maximum absolute atomic E-state index is 11.9. The van der Waals surface area contributed by atoms with Gasteiger partial charge in [0.15, 0.2) is 6.61 Å². The molecule has 0 heterocycles. The molecule has 0 atom stereocenters. The molecule has 0 fully saturated rings. The third-order valence-electron chi connectivity index (χ3n) is 2.59. The Labute approximate surface area is 134 Å². The maximum atomic E-state index is 11.9. The van der Waals surface area contributed by atoms with E-state index in [4.69, 9.17) is 4.74 Å². The Balaban J connectivity index is 1.94. The number of ether oxygens (including phenoxy) is 1. The van der Waals surface area contributed by atoms with Crippen LogP contribution in [-0.4, -0.2) is 12.5 Å². The topological polar surface area (TPSA) is 38.3 Å². The number of carbonyl (C=O) groups excluding carboxylic acids is 1. The molecule has 1 N–H and O–H groups in total. The first-order valence-corrected chi connectivity index (χ1v) is 7.58. The fourth-order valence-electron chi connectivity index (χ4n) is 1.61. The minimum absolute atomic E-state index is 0.0388. The number of anilines is 1.